The normalized spacial score (nSPS) is 10.6. The van der Waals surface area contributed by atoms with Gasteiger partial charge in [-0.15, -0.1) is 0 Å². The van der Waals surface area contributed by atoms with Gasteiger partial charge in [0.2, 0.25) is 0 Å². The zero-order valence-corrected chi connectivity index (χ0v) is 17.0. The lowest BCUT2D eigenvalue weighted by Gasteiger charge is -2.12. The molecule has 3 aromatic rings. The molecule has 0 unspecified atom stereocenters. The molecule has 0 aliphatic heterocycles. The minimum absolute atomic E-state index is 0.350. The number of methoxy groups -OCH3 is 1. The molecule has 0 radical (unpaired) electrons. The van der Waals surface area contributed by atoms with Gasteiger partial charge in [-0.25, -0.2) is 5.43 Å². The Morgan fingerprint density at radius 2 is 1.70 bits per heavy atom. The number of amides is 1. The van der Waals surface area contributed by atoms with E-state index in [9.17, 15) is 4.79 Å². The molecule has 0 aromatic heterocycles. The van der Waals surface area contributed by atoms with Crippen LogP contribution in [0.2, 0.25) is 0 Å². The number of nitrogens with one attached hydrogen (secondary N) is 1. The molecule has 6 heteroatoms. The molecule has 154 valence electrons. The van der Waals surface area contributed by atoms with Gasteiger partial charge < -0.3 is 14.2 Å². The molecule has 1 amide bonds. The Kier molecular flexibility index (Phi) is 7.44. The summed E-state index contributed by atoms with van der Waals surface area (Å²) < 4.78 is 16.8. The Morgan fingerprint density at radius 1 is 0.933 bits per heavy atom. The number of rotatable bonds is 9. The third-order valence-corrected chi connectivity index (χ3v) is 4.24. The van der Waals surface area contributed by atoms with E-state index in [1.54, 1.807) is 30.5 Å². The Labute approximate surface area is 176 Å². The van der Waals surface area contributed by atoms with Gasteiger partial charge in [-0.05, 0) is 48.4 Å². The second kappa shape index (κ2) is 10.7. The monoisotopic (exact) mass is 404 g/mol. The van der Waals surface area contributed by atoms with Crippen molar-refractivity contribution in [1.82, 2.24) is 5.43 Å². The van der Waals surface area contributed by atoms with E-state index in [0.717, 1.165) is 11.1 Å². The van der Waals surface area contributed by atoms with Crippen LogP contribution in [0, 0.1) is 0 Å². The van der Waals surface area contributed by atoms with Crippen molar-refractivity contribution in [2.24, 2.45) is 5.10 Å². The Hall–Kier alpha value is -3.80. The molecule has 0 heterocycles. The van der Waals surface area contributed by atoms with Gasteiger partial charge in [-0.3, -0.25) is 4.79 Å². The number of ether oxygens (including phenoxy) is 3. The number of para-hydroxylation sites is 1. The fraction of sp³-hybridized carbons (Fsp3) is 0.167. The molecular weight excluding hydrogens is 380 g/mol. The van der Waals surface area contributed by atoms with Gasteiger partial charge in [0, 0.05) is 0 Å². The molecule has 30 heavy (non-hydrogen) atoms. The van der Waals surface area contributed by atoms with E-state index in [4.69, 9.17) is 14.2 Å². The average molecular weight is 404 g/mol. The fourth-order valence-electron chi connectivity index (χ4n) is 2.79. The van der Waals surface area contributed by atoms with E-state index in [0.29, 0.717) is 36.0 Å². The lowest BCUT2D eigenvalue weighted by Crippen LogP contribution is -2.18. The maximum Gasteiger partial charge on any atom is 0.275 e. The van der Waals surface area contributed by atoms with Crippen LogP contribution in [0.5, 0.6) is 17.2 Å². The van der Waals surface area contributed by atoms with Crippen LogP contribution >= 0.6 is 0 Å². The summed E-state index contributed by atoms with van der Waals surface area (Å²) in [6.07, 6.45) is 1.55. The van der Waals surface area contributed by atoms with Crippen molar-refractivity contribution in [3.8, 4) is 17.2 Å². The lowest BCUT2D eigenvalue weighted by molar-refractivity contribution is 0.0952. The molecule has 0 fully saturated rings. The summed E-state index contributed by atoms with van der Waals surface area (Å²) >= 11 is 0. The smallest absolute Gasteiger partial charge is 0.275 e. The van der Waals surface area contributed by atoms with Crippen LogP contribution in [0.4, 0.5) is 0 Å². The minimum Gasteiger partial charge on any atom is -0.496 e. The molecule has 0 saturated carbocycles. The first-order valence-electron chi connectivity index (χ1n) is 9.61. The van der Waals surface area contributed by atoms with Crippen molar-refractivity contribution in [2.45, 2.75) is 13.5 Å². The molecule has 0 aliphatic rings. The van der Waals surface area contributed by atoms with Crippen LogP contribution in [0.25, 0.3) is 0 Å². The van der Waals surface area contributed by atoms with Crippen molar-refractivity contribution in [1.29, 1.82) is 0 Å². The topological polar surface area (TPSA) is 69.2 Å². The third kappa shape index (κ3) is 5.61. The van der Waals surface area contributed by atoms with E-state index in [1.165, 1.54) is 7.11 Å². The van der Waals surface area contributed by atoms with Crippen LogP contribution in [0.15, 0.2) is 77.9 Å². The largest absolute Gasteiger partial charge is 0.496 e. The van der Waals surface area contributed by atoms with Crippen molar-refractivity contribution >= 4 is 12.1 Å². The van der Waals surface area contributed by atoms with E-state index in [2.05, 4.69) is 10.5 Å². The zero-order valence-electron chi connectivity index (χ0n) is 17.0. The molecule has 1 N–H and O–H groups in total. The molecule has 0 aliphatic carbocycles. The summed E-state index contributed by atoms with van der Waals surface area (Å²) in [7, 11) is 1.52. The minimum atomic E-state index is -0.350. The lowest BCUT2D eigenvalue weighted by atomic mass is 10.2. The Morgan fingerprint density at radius 3 is 2.47 bits per heavy atom. The van der Waals surface area contributed by atoms with Gasteiger partial charge in [0.15, 0.2) is 11.5 Å². The first kappa shape index (κ1) is 20.9. The highest BCUT2D eigenvalue weighted by Gasteiger charge is 2.10. The van der Waals surface area contributed by atoms with Crippen LogP contribution < -0.4 is 19.6 Å². The summed E-state index contributed by atoms with van der Waals surface area (Å²) in [5, 5.41) is 4.04. The van der Waals surface area contributed by atoms with Crippen molar-refractivity contribution < 1.29 is 19.0 Å². The highest BCUT2D eigenvalue weighted by molar-refractivity contribution is 5.97. The van der Waals surface area contributed by atoms with E-state index < -0.39 is 0 Å². The summed E-state index contributed by atoms with van der Waals surface area (Å²) in [6, 6.07) is 22.4. The molecule has 0 bridgehead atoms. The Balaban J connectivity index is 1.67. The van der Waals surface area contributed by atoms with E-state index >= 15 is 0 Å². The number of benzene rings is 3. The summed E-state index contributed by atoms with van der Waals surface area (Å²) in [4.78, 5) is 12.3. The van der Waals surface area contributed by atoms with Gasteiger partial charge in [0.1, 0.15) is 12.4 Å². The van der Waals surface area contributed by atoms with Crippen molar-refractivity contribution in [3.05, 3.63) is 89.5 Å². The predicted molar refractivity (Wildman–Crippen MR) is 116 cm³/mol. The Bertz CT molecular complexity index is 1000. The number of hydrogen-bond donors (Lipinski definition) is 1. The second-order valence-electron chi connectivity index (χ2n) is 6.31. The number of nitrogens with zero attached hydrogens (tertiary/aromatic N) is 1. The molecule has 3 aromatic carbocycles. The van der Waals surface area contributed by atoms with Gasteiger partial charge in [0.25, 0.3) is 5.91 Å². The fourth-order valence-corrected chi connectivity index (χ4v) is 2.79. The van der Waals surface area contributed by atoms with Gasteiger partial charge in [-0.1, -0.05) is 42.5 Å². The summed E-state index contributed by atoms with van der Waals surface area (Å²) in [6.45, 7) is 2.87. The molecule has 0 spiro atoms. The van der Waals surface area contributed by atoms with E-state index in [1.807, 2.05) is 55.5 Å². The highest BCUT2D eigenvalue weighted by Crippen LogP contribution is 2.29. The van der Waals surface area contributed by atoms with Crippen molar-refractivity contribution in [3.63, 3.8) is 0 Å². The zero-order chi connectivity index (χ0) is 21.2. The number of carbonyl (C=O) groups is 1. The SMILES string of the molecule is CCOc1cc(/C=N/NC(=O)c2ccccc2OC)ccc1OCc1ccccc1. The maximum absolute atomic E-state index is 12.3. The molecule has 6 nitrogen and oxygen atoms in total. The van der Waals surface area contributed by atoms with Crippen LogP contribution in [0.1, 0.15) is 28.4 Å². The quantitative estimate of drug-likeness (QED) is 0.423. The molecule has 3 rings (SSSR count). The molecule has 0 saturated heterocycles. The third-order valence-electron chi connectivity index (χ3n) is 4.24. The van der Waals surface area contributed by atoms with Crippen LogP contribution in [0.3, 0.4) is 0 Å². The second-order valence-corrected chi connectivity index (χ2v) is 6.31. The molecule has 0 atom stereocenters. The number of carbonyl (C=O) groups excluding carboxylic acids is 1. The average Bonchev–Trinajstić information content (AvgIpc) is 2.79. The van der Waals surface area contributed by atoms with Crippen LogP contribution in [-0.4, -0.2) is 25.8 Å². The number of hydrazone groups is 1. The number of hydrogen-bond acceptors (Lipinski definition) is 5. The summed E-state index contributed by atoms with van der Waals surface area (Å²) in [5.74, 6) is 1.41. The summed E-state index contributed by atoms with van der Waals surface area (Å²) in [5.41, 5.74) is 4.77. The van der Waals surface area contributed by atoms with Gasteiger partial charge in [0.05, 0.1) is 25.5 Å². The van der Waals surface area contributed by atoms with Crippen molar-refractivity contribution in [2.75, 3.05) is 13.7 Å². The molecular formula is C24H24N2O4. The van der Waals surface area contributed by atoms with E-state index in [-0.39, 0.29) is 5.91 Å². The van der Waals surface area contributed by atoms with Crippen LogP contribution in [-0.2, 0) is 6.61 Å². The maximum atomic E-state index is 12.3. The first-order valence-corrected chi connectivity index (χ1v) is 9.61. The van der Waals surface area contributed by atoms with Gasteiger partial charge >= 0.3 is 0 Å². The van der Waals surface area contributed by atoms with Gasteiger partial charge in [-0.2, -0.15) is 5.10 Å². The standard InChI is InChI=1S/C24H24N2O4/c1-3-29-23-15-19(13-14-22(23)30-17-18-9-5-4-6-10-18)16-25-26-24(27)20-11-7-8-12-21(20)28-2/h4-16H,3,17H2,1-2H3,(H,26,27)/b25-16+. The predicted octanol–water partition coefficient (Wildman–Crippen LogP) is 4.44. The highest BCUT2D eigenvalue weighted by atomic mass is 16.5. The first-order chi connectivity index (χ1) is 14.7.